The lowest BCUT2D eigenvalue weighted by atomic mass is 10.1. The molecule has 1 fully saturated rings. The van der Waals surface area contributed by atoms with Gasteiger partial charge in [0, 0.05) is 17.5 Å². The Balaban J connectivity index is 1.73. The Bertz CT molecular complexity index is 866. The van der Waals surface area contributed by atoms with Crippen molar-refractivity contribution in [2.24, 2.45) is 0 Å². The maximum Gasteiger partial charge on any atom is 0.233 e. The molecule has 0 bridgehead atoms. The van der Waals surface area contributed by atoms with Gasteiger partial charge in [-0.2, -0.15) is 0 Å². The first-order chi connectivity index (χ1) is 11.9. The molecule has 6 nitrogen and oxygen atoms in total. The van der Waals surface area contributed by atoms with Gasteiger partial charge in [-0.25, -0.2) is 18.4 Å². The summed E-state index contributed by atoms with van der Waals surface area (Å²) in [5, 5.41) is 3.71. The van der Waals surface area contributed by atoms with Crippen molar-refractivity contribution in [2.75, 3.05) is 17.3 Å². The summed E-state index contributed by atoms with van der Waals surface area (Å²) < 4.78 is 23.6. The lowest BCUT2D eigenvalue weighted by molar-refractivity contribution is -0.132. The van der Waals surface area contributed by atoms with Crippen LogP contribution >= 0.6 is 23.1 Å². The normalized spacial score (nSPS) is 20.6. The summed E-state index contributed by atoms with van der Waals surface area (Å²) in [6.45, 7) is 4.00. The van der Waals surface area contributed by atoms with E-state index in [0.29, 0.717) is 6.42 Å². The summed E-state index contributed by atoms with van der Waals surface area (Å²) in [6, 6.07) is 1.78. The van der Waals surface area contributed by atoms with E-state index >= 15 is 0 Å². The number of fused-ring (bicyclic) bond motifs is 1. The molecule has 1 saturated heterocycles. The second-order valence-corrected chi connectivity index (χ2v) is 10.3. The molecular weight excluding hydrogens is 378 g/mol. The van der Waals surface area contributed by atoms with E-state index in [4.69, 9.17) is 0 Å². The molecule has 0 spiro atoms. The molecule has 136 valence electrons. The molecule has 2 aromatic heterocycles. The van der Waals surface area contributed by atoms with Crippen molar-refractivity contribution in [1.29, 1.82) is 0 Å². The molecule has 2 atom stereocenters. The van der Waals surface area contributed by atoms with Crippen LogP contribution in [0.25, 0.3) is 10.2 Å². The number of hydrogen-bond acceptors (Lipinski definition) is 7. The molecule has 3 heterocycles. The molecule has 0 unspecified atom stereocenters. The van der Waals surface area contributed by atoms with Gasteiger partial charge in [0.25, 0.3) is 0 Å². The molecular formula is C16H21N3O3S3. The third-order valence-electron chi connectivity index (χ3n) is 4.51. The van der Waals surface area contributed by atoms with Crippen LogP contribution in [0.1, 0.15) is 26.7 Å². The zero-order valence-corrected chi connectivity index (χ0v) is 16.7. The van der Waals surface area contributed by atoms with Crippen molar-refractivity contribution >= 4 is 49.1 Å². The van der Waals surface area contributed by atoms with Crippen molar-refractivity contribution in [1.82, 2.24) is 14.9 Å². The van der Waals surface area contributed by atoms with Crippen molar-refractivity contribution in [2.45, 2.75) is 43.8 Å². The van der Waals surface area contributed by atoms with E-state index in [2.05, 4.69) is 9.97 Å². The number of carbonyl (C=O) groups excluding carboxylic acids is 1. The minimum atomic E-state index is -3.02. The minimum absolute atomic E-state index is 0.0246. The lowest BCUT2D eigenvalue weighted by Gasteiger charge is -2.33. The first-order valence-electron chi connectivity index (χ1n) is 8.24. The molecule has 25 heavy (non-hydrogen) atoms. The fourth-order valence-electron chi connectivity index (χ4n) is 3.09. The van der Waals surface area contributed by atoms with Crippen LogP contribution in [-0.4, -0.2) is 58.5 Å². The van der Waals surface area contributed by atoms with Gasteiger partial charge in [0.05, 0.1) is 17.3 Å². The van der Waals surface area contributed by atoms with E-state index in [1.54, 1.807) is 16.2 Å². The zero-order chi connectivity index (χ0) is 18.0. The highest BCUT2D eigenvalue weighted by molar-refractivity contribution is 8.00. The number of thiophene rings is 1. The molecule has 0 aromatic carbocycles. The predicted octanol–water partition coefficient (Wildman–Crippen LogP) is 2.60. The maximum absolute atomic E-state index is 12.9. The molecule has 1 amide bonds. The molecule has 1 aliphatic heterocycles. The fourth-order valence-corrected chi connectivity index (χ4v) is 6.45. The zero-order valence-electron chi connectivity index (χ0n) is 14.2. The average Bonchev–Trinajstić information content (AvgIpc) is 3.19. The van der Waals surface area contributed by atoms with E-state index in [1.807, 2.05) is 25.3 Å². The molecule has 3 rings (SSSR count). The van der Waals surface area contributed by atoms with Gasteiger partial charge >= 0.3 is 0 Å². The van der Waals surface area contributed by atoms with Crippen molar-refractivity contribution in [3.63, 3.8) is 0 Å². The third-order valence-corrected chi connectivity index (χ3v) is 8.07. The molecule has 0 radical (unpaired) electrons. The smallest absolute Gasteiger partial charge is 0.233 e. The Labute approximate surface area is 156 Å². The standard InChI is InChI=1S/C16H21N3O3S3/c1-3-11(2)19(12-5-7-25(21,22)9-12)14(20)8-24-16-13-4-6-23-15(13)17-10-18-16/h4,6,10-12H,3,5,7-9H2,1-2H3/t11-,12-/m1/s1. The molecule has 1 aliphatic rings. The highest BCUT2D eigenvalue weighted by Crippen LogP contribution is 2.29. The lowest BCUT2D eigenvalue weighted by Crippen LogP contribution is -2.47. The van der Waals surface area contributed by atoms with Gasteiger partial charge in [-0.05, 0) is 31.2 Å². The van der Waals surface area contributed by atoms with Crippen LogP contribution < -0.4 is 0 Å². The summed E-state index contributed by atoms with van der Waals surface area (Å²) in [6.07, 6.45) is 2.85. The molecule has 2 aromatic rings. The van der Waals surface area contributed by atoms with E-state index < -0.39 is 9.84 Å². The maximum atomic E-state index is 12.9. The number of thioether (sulfide) groups is 1. The summed E-state index contributed by atoms with van der Waals surface area (Å²) >= 11 is 2.94. The predicted molar refractivity (Wildman–Crippen MR) is 102 cm³/mol. The second kappa shape index (κ2) is 7.59. The molecule has 0 aliphatic carbocycles. The van der Waals surface area contributed by atoms with Gasteiger partial charge in [-0.1, -0.05) is 18.7 Å². The first-order valence-corrected chi connectivity index (χ1v) is 11.9. The highest BCUT2D eigenvalue weighted by Gasteiger charge is 2.36. The number of hydrogen-bond donors (Lipinski definition) is 0. The van der Waals surface area contributed by atoms with E-state index in [1.165, 1.54) is 18.1 Å². The SMILES string of the molecule is CC[C@@H](C)N(C(=O)CSc1ncnc2sccc12)[C@@H]1CCS(=O)(=O)C1. The highest BCUT2D eigenvalue weighted by atomic mass is 32.2. The first kappa shape index (κ1) is 18.6. The van der Waals surface area contributed by atoms with E-state index in [9.17, 15) is 13.2 Å². The Morgan fingerprint density at radius 2 is 2.28 bits per heavy atom. The number of aromatic nitrogens is 2. The van der Waals surface area contributed by atoms with Gasteiger partial charge in [-0.15, -0.1) is 11.3 Å². The Kier molecular flexibility index (Phi) is 5.65. The number of carbonyl (C=O) groups is 1. The van der Waals surface area contributed by atoms with Crippen LogP contribution in [0.5, 0.6) is 0 Å². The Morgan fingerprint density at radius 1 is 1.48 bits per heavy atom. The van der Waals surface area contributed by atoms with Crippen LogP contribution in [-0.2, 0) is 14.6 Å². The van der Waals surface area contributed by atoms with Crippen LogP contribution in [0.15, 0.2) is 22.8 Å². The monoisotopic (exact) mass is 399 g/mol. The summed E-state index contributed by atoms with van der Waals surface area (Å²) in [7, 11) is -3.02. The third kappa shape index (κ3) is 4.15. The largest absolute Gasteiger partial charge is 0.335 e. The fraction of sp³-hybridized carbons (Fsp3) is 0.562. The van der Waals surface area contributed by atoms with Gasteiger partial charge < -0.3 is 4.90 Å². The summed E-state index contributed by atoms with van der Waals surface area (Å²) in [5.41, 5.74) is 0. The molecule has 0 saturated carbocycles. The quantitative estimate of drug-likeness (QED) is 0.549. The van der Waals surface area contributed by atoms with Gasteiger partial charge in [-0.3, -0.25) is 4.79 Å². The van der Waals surface area contributed by atoms with Gasteiger partial charge in [0.2, 0.25) is 5.91 Å². The Hall–Kier alpha value is -1.19. The second-order valence-electron chi connectivity index (χ2n) is 6.22. The summed E-state index contributed by atoms with van der Waals surface area (Å²) in [4.78, 5) is 24.1. The van der Waals surface area contributed by atoms with Gasteiger partial charge in [0.15, 0.2) is 9.84 Å². The van der Waals surface area contributed by atoms with Gasteiger partial charge in [0.1, 0.15) is 16.2 Å². The van der Waals surface area contributed by atoms with Crippen molar-refractivity contribution < 1.29 is 13.2 Å². The number of sulfone groups is 1. The summed E-state index contributed by atoms with van der Waals surface area (Å²) in [5.74, 6) is 0.481. The molecule has 9 heteroatoms. The van der Waals surface area contributed by atoms with Crippen LogP contribution in [0.3, 0.4) is 0 Å². The number of nitrogens with zero attached hydrogens (tertiary/aromatic N) is 3. The molecule has 0 N–H and O–H groups in total. The average molecular weight is 400 g/mol. The van der Waals surface area contributed by atoms with E-state index in [-0.39, 0.29) is 35.2 Å². The number of amides is 1. The number of rotatable bonds is 6. The van der Waals surface area contributed by atoms with Crippen LogP contribution in [0.4, 0.5) is 0 Å². The van der Waals surface area contributed by atoms with Crippen molar-refractivity contribution in [3.8, 4) is 0 Å². The van der Waals surface area contributed by atoms with Crippen LogP contribution in [0, 0.1) is 0 Å². The van der Waals surface area contributed by atoms with Crippen molar-refractivity contribution in [3.05, 3.63) is 17.8 Å². The minimum Gasteiger partial charge on any atom is -0.335 e. The van der Waals surface area contributed by atoms with Crippen LogP contribution in [0.2, 0.25) is 0 Å². The Morgan fingerprint density at radius 3 is 2.96 bits per heavy atom. The van der Waals surface area contributed by atoms with E-state index in [0.717, 1.165) is 21.7 Å². The topological polar surface area (TPSA) is 80.2 Å².